The van der Waals surface area contributed by atoms with Gasteiger partial charge in [0.2, 0.25) is 18.3 Å². The molecule has 0 bridgehead atoms. The molecule has 1 atom stereocenters. The fourth-order valence-corrected chi connectivity index (χ4v) is 3.90. The van der Waals surface area contributed by atoms with E-state index in [9.17, 15) is 27.4 Å². The number of alkyl halides is 3. The molecule has 0 aliphatic heterocycles. The summed E-state index contributed by atoms with van der Waals surface area (Å²) in [5.74, 6) is -0.488. The molecule has 0 radical (unpaired) electrons. The van der Waals surface area contributed by atoms with E-state index in [-0.39, 0.29) is 42.0 Å². The van der Waals surface area contributed by atoms with Crippen LogP contribution in [0.3, 0.4) is 0 Å². The van der Waals surface area contributed by atoms with Crippen molar-refractivity contribution in [2.75, 3.05) is 23.0 Å². The molecule has 2 aromatic rings. The van der Waals surface area contributed by atoms with Crippen molar-refractivity contribution in [3.05, 3.63) is 35.9 Å². The van der Waals surface area contributed by atoms with E-state index < -0.39 is 23.4 Å². The molecular formula is C17H21ClF3N4O3S+. The van der Waals surface area contributed by atoms with Gasteiger partial charge in [0.05, 0.1) is 6.20 Å². The second kappa shape index (κ2) is 10.1. The van der Waals surface area contributed by atoms with E-state index in [1.165, 1.54) is 28.2 Å². The first-order valence-corrected chi connectivity index (χ1v) is 10.7. The fraction of sp³-hybridized carbons (Fsp3) is 0.471. The van der Waals surface area contributed by atoms with Gasteiger partial charge in [-0.15, -0.1) is 0 Å². The molecular weight excluding hydrogens is 433 g/mol. The summed E-state index contributed by atoms with van der Waals surface area (Å²) >= 11 is 6.16. The zero-order chi connectivity index (χ0) is 21.6. The molecule has 0 saturated heterocycles. The summed E-state index contributed by atoms with van der Waals surface area (Å²) < 4.78 is 50.6. The maximum Gasteiger partial charge on any atom is 0.389 e. The van der Waals surface area contributed by atoms with Crippen molar-refractivity contribution < 1.29 is 32.1 Å². The normalized spacial score (nSPS) is 12.7. The first kappa shape index (κ1) is 23.1. The highest BCUT2D eigenvalue weighted by atomic mass is 35.5. The van der Waals surface area contributed by atoms with Crippen molar-refractivity contribution in [3.63, 3.8) is 0 Å². The van der Waals surface area contributed by atoms with Crippen LogP contribution >= 0.6 is 11.6 Å². The summed E-state index contributed by atoms with van der Waals surface area (Å²) in [4.78, 5) is 13.9. The Morgan fingerprint density at radius 2 is 2.14 bits per heavy atom. The molecule has 0 aliphatic carbocycles. The van der Waals surface area contributed by atoms with Crippen molar-refractivity contribution in [1.29, 1.82) is 0 Å². The maximum absolute atomic E-state index is 12.5. The predicted molar refractivity (Wildman–Crippen MR) is 102 cm³/mol. The lowest BCUT2D eigenvalue weighted by Gasteiger charge is -2.19. The fourth-order valence-electron chi connectivity index (χ4n) is 2.60. The maximum atomic E-state index is 12.5. The third-order valence-corrected chi connectivity index (χ3v) is 5.64. The minimum absolute atomic E-state index is 0.0257. The predicted octanol–water partition coefficient (Wildman–Crippen LogP) is 2.88. The summed E-state index contributed by atoms with van der Waals surface area (Å²) in [6.07, 6.45) is -1.24. The first-order chi connectivity index (χ1) is 13.6. The number of rotatable bonds is 9. The highest BCUT2D eigenvalue weighted by Crippen LogP contribution is 2.26. The van der Waals surface area contributed by atoms with Gasteiger partial charge in [0, 0.05) is 52.5 Å². The van der Waals surface area contributed by atoms with Crippen molar-refractivity contribution in [3.8, 4) is 5.69 Å². The molecule has 0 aliphatic rings. The lowest BCUT2D eigenvalue weighted by atomic mass is 10.3. The van der Waals surface area contributed by atoms with Crippen molar-refractivity contribution in [2.24, 2.45) is 0 Å². The van der Waals surface area contributed by atoms with Crippen LogP contribution in [0.2, 0.25) is 5.15 Å². The van der Waals surface area contributed by atoms with Gasteiger partial charge in [0.1, 0.15) is 11.4 Å². The zero-order valence-electron chi connectivity index (χ0n) is 15.6. The Morgan fingerprint density at radius 3 is 2.76 bits per heavy atom. The SMILES string of the molecule is CCN(C(=O)CCS(=O)CCCC(F)(F)F)c1cn(-c2ccc[n+](O)c2)nc1Cl. The third-order valence-electron chi connectivity index (χ3n) is 3.97. The van der Waals surface area contributed by atoms with Crippen LogP contribution in [0, 0.1) is 0 Å². The van der Waals surface area contributed by atoms with Gasteiger partial charge in [-0.2, -0.15) is 18.3 Å². The third kappa shape index (κ3) is 7.00. The number of aromatic nitrogens is 3. The molecule has 160 valence electrons. The van der Waals surface area contributed by atoms with Crippen molar-refractivity contribution in [2.45, 2.75) is 32.4 Å². The molecule has 1 amide bonds. The lowest BCUT2D eigenvalue weighted by molar-refractivity contribution is -0.904. The molecule has 29 heavy (non-hydrogen) atoms. The minimum atomic E-state index is -4.27. The molecule has 0 fully saturated rings. The standard InChI is InChI=1S/C17H21ClF3N4O3S/c1-2-24(15(26)6-10-29(28)9-4-7-17(19,20)21)14-12-25(22-16(14)18)13-5-3-8-23(27)11-13/h3,5,8,11-12,27H,2,4,6-7,9-10H2,1H3/q+1. The van der Waals surface area contributed by atoms with E-state index in [2.05, 4.69) is 5.10 Å². The number of hydrogen-bond donors (Lipinski definition) is 1. The molecule has 1 unspecified atom stereocenters. The molecule has 7 nitrogen and oxygen atoms in total. The summed E-state index contributed by atoms with van der Waals surface area (Å²) in [5.41, 5.74) is 0.854. The van der Waals surface area contributed by atoms with Gasteiger partial charge in [-0.1, -0.05) is 11.6 Å². The van der Waals surface area contributed by atoms with Crippen LogP contribution in [0.4, 0.5) is 18.9 Å². The Bertz CT molecular complexity index is 876. The average molecular weight is 454 g/mol. The number of halogens is 4. The van der Waals surface area contributed by atoms with Gasteiger partial charge >= 0.3 is 6.18 Å². The molecule has 1 N–H and O–H groups in total. The highest BCUT2D eigenvalue weighted by Gasteiger charge is 2.26. The van der Waals surface area contributed by atoms with Gasteiger partial charge in [0.25, 0.3) is 0 Å². The number of hydrogen-bond acceptors (Lipinski definition) is 4. The summed E-state index contributed by atoms with van der Waals surface area (Å²) in [5, 5.41) is 13.7. The van der Waals surface area contributed by atoms with Crippen LogP contribution in [0.5, 0.6) is 0 Å². The molecule has 2 rings (SSSR count). The molecule has 2 aromatic heterocycles. The van der Waals surface area contributed by atoms with E-state index in [0.29, 0.717) is 11.4 Å². The van der Waals surface area contributed by atoms with Crippen LogP contribution in [0.1, 0.15) is 26.2 Å². The largest absolute Gasteiger partial charge is 0.389 e. The lowest BCUT2D eigenvalue weighted by Crippen LogP contribution is -2.31. The van der Waals surface area contributed by atoms with Gasteiger partial charge in [-0.25, -0.2) is 4.68 Å². The van der Waals surface area contributed by atoms with Gasteiger partial charge in [-0.3, -0.25) is 14.2 Å². The van der Waals surface area contributed by atoms with E-state index in [1.807, 2.05) is 0 Å². The molecule has 0 saturated carbocycles. The Hall–Kier alpha value is -2.14. The number of nitrogens with zero attached hydrogens (tertiary/aromatic N) is 4. The number of carbonyl (C=O) groups excluding carboxylic acids is 1. The first-order valence-electron chi connectivity index (χ1n) is 8.79. The summed E-state index contributed by atoms with van der Waals surface area (Å²) in [6, 6.07) is 3.28. The highest BCUT2D eigenvalue weighted by molar-refractivity contribution is 7.84. The quantitative estimate of drug-likeness (QED) is 0.467. The zero-order valence-corrected chi connectivity index (χ0v) is 17.2. The Balaban J connectivity index is 2.00. The Morgan fingerprint density at radius 1 is 1.41 bits per heavy atom. The van der Waals surface area contributed by atoms with Crippen molar-refractivity contribution in [1.82, 2.24) is 9.78 Å². The Kier molecular flexibility index (Phi) is 8.03. The number of anilines is 1. The number of carbonyl (C=O) groups is 1. The van der Waals surface area contributed by atoms with Crippen LogP contribution in [0.25, 0.3) is 5.69 Å². The van der Waals surface area contributed by atoms with Crippen LogP contribution in [-0.2, 0) is 15.6 Å². The van der Waals surface area contributed by atoms with E-state index in [1.54, 1.807) is 19.1 Å². The second-order valence-electron chi connectivity index (χ2n) is 6.15. The topological polar surface area (TPSA) is 79.3 Å². The van der Waals surface area contributed by atoms with Gasteiger partial charge in [-0.05, 0) is 19.4 Å². The van der Waals surface area contributed by atoms with Crippen LogP contribution in [-0.4, -0.2) is 49.3 Å². The smallest absolute Gasteiger partial charge is 0.308 e. The Labute approximate surface area is 173 Å². The van der Waals surface area contributed by atoms with E-state index in [0.717, 1.165) is 4.73 Å². The molecule has 12 heteroatoms. The molecule has 0 spiro atoms. The molecule has 0 aromatic carbocycles. The molecule has 2 heterocycles. The summed E-state index contributed by atoms with van der Waals surface area (Å²) in [7, 11) is -1.51. The van der Waals surface area contributed by atoms with Crippen LogP contribution in [0.15, 0.2) is 30.7 Å². The van der Waals surface area contributed by atoms with Crippen molar-refractivity contribution >= 4 is 34.0 Å². The van der Waals surface area contributed by atoms with E-state index in [4.69, 9.17) is 11.6 Å². The number of amides is 1. The van der Waals surface area contributed by atoms with Gasteiger partial charge < -0.3 is 4.90 Å². The average Bonchev–Trinajstić information content (AvgIpc) is 3.01. The van der Waals surface area contributed by atoms with Gasteiger partial charge in [0.15, 0.2) is 5.15 Å². The second-order valence-corrected chi connectivity index (χ2v) is 8.20. The number of pyridine rings is 1. The van der Waals surface area contributed by atoms with E-state index >= 15 is 0 Å². The minimum Gasteiger partial charge on any atom is -0.308 e. The monoisotopic (exact) mass is 453 g/mol. The summed E-state index contributed by atoms with van der Waals surface area (Å²) in [6.45, 7) is 2.01. The van der Waals surface area contributed by atoms with Crippen LogP contribution < -0.4 is 9.63 Å².